The lowest BCUT2D eigenvalue weighted by molar-refractivity contribution is -0.116. The number of hydrogen-bond acceptors (Lipinski definition) is 7. The Morgan fingerprint density at radius 1 is 1.14 bits per heavy atom. The zero-order valence-corrected chi connectivity index (χ0v) is 16.4. The van der Waals surface area contributed by atoms with E-state index in [1.807, 2.05) is 44.2 Å². The summed E-state index contributed by atoms with van der Waals surface area (Å²) in [5.41, 5.74) is 2.74. The maximum atomic E-state index is 12.6. The van der Waals surface area contributed by atoms with Gasteiger partial charge < -0.3 is 18.8 Å². The Kier molecular flexibility index (Phi) is 5.21. The van der Waals surface area contributed by atoms with E-state index in [4.69, 9.17) is 13.9 Å². The summed E-state index contributed by atoms with van der Waals surface area (Å²) in [7, 11) is 0. The van der Waals surface area contributed by atoms with Gasteiger partial charge in [-0.15, -0.1) is 10.2 Å². The van der Waals surface area contributed by atoms with E-state index >= 15 is 0 Å². The summed E-state index contributed by atoms with van der Waals surface area (Å²) in [4.78, 5) is 14.4. The van der Waals surface area contributed by atoms with E-state index in [2.05, 4.69) is 10.2 Å². The number of anilines is 1. The molecule has 144 valence electrons. The fourth-order valence-corrected chi connectivity index (χ4v) is 3.55. The second-order valence-corrected chi connectivity index (χ2v) is 7.13. The molecule has 0 fully saturated rings. The Bertz CT molecular complexity index is 1000. The minimum atomic E-state index is -0.0130. The number of amides is 1. The van der Waals surface area contributed by atoms with Crippen LogP contribution in [0, 0.1) is 6.92 Å². The second-order valence-electron chi connectivity index (χ2n) is 6.21. The minimum Gasteiger partial charge on any atom is -0.454 e. The molecule has 0 bridgehead atoms. The summed E-state index contributed by atoms with van der Waals surface area (Å²) in [6.45, 7) is 4.76. The molecule has 3 aromatic rings. The van der Waals surface area contributed by atoms with Gasteiger partial charge in [-0.05, 0) is 49.7 Å². The largest absolute Gasteiger partial charge is 0.454 e. The zero-order valence-electron chi connectivity index (χ0n) is 15.5. The van der Waals surface area contributed by atoms with Gasteiger partial charge in [-0.1, -0.05) is 23.9 Å². The molecule has 8 heteroatoms. The number of ether oxygens (including phenoxy) is 2. The number of hydrogen-bond donors (Lipinski definition) is 0. The number of benzene rings is 2. The summed E-state index contributed by atoms with van der Waals surface area (Å²) >= 11 is 1.22. The van der Waals surface area contributed by atoms with Crippen LogP contribution in [0.3, 0.4) is 0 Å². The zero-order chi connectivity index (χ0) is 19.5. The van der Waals surface area contributed by atoms with Crippen LogP contribution >= 0.6 is 11.8 Å². The normalized spacial score (nSPS) is 12.2. The summed E-state index contributed by atoms with van der Waals surface area (Å²) in [6, 6.07) is 13.3. The molecule has 1 aliphatic rings. The summed E-state index contributed by atoms with van der Waals surface area (Å²) in [5.74, 6) is 1.92. The monoisotopic (exact) mass is 397 g/mol. The SMILES string of the molecule is CCN(C(=O)CSc1nnc(-c2ccc3c(c2)OCO3)o1)c1cccc(C)c1. The topological polar surface area (TPSA) is 77.7 Å². The van der Waals surface area contributed by atoms with Crippen LogP contribution < -0.4 is 14.4 Å². The lowest BCUT2D eigenvalue weighted by Gasteiger charge is -2.21. The molecule has 0 radical (unpaired) electrons. The lowest BCUT2D eigenvalue weighted by Crippen LogP contribution is -2.32. The maximum Gasteiger partial charge on any atom is 0.277 e. The smallest absolute Gasteiger partial charge is 0.277 e. The number of carbonyl (C=O) groups is 1. The Balaban J connectivity index is 1.42. The van der Waals surface area contributed by atoms with Crippen molar-refractivity contribution < 1.29 is 18.7 Å². The van der Waals surface area contributed by atoms with Crippen molar-refractivity contribution in [2.75, 3.05) is 24.0 Å². The number of aryl methyl sites for hydroxylation is 1. The van der Waals surface area contributed by atoms with Crippen LogP contribution in [0.5, 0.6) is 11.5 Å². The van der Waals surface area contributed by atoms with Crippen LogP contribution in [-0.2, 0) is 4.79 Å². The molecule has 0 atom stereocenters. The van der Waals surface area contributed by atoms with Crippen molar-refractivity contribution in [3.05, 3.63) is 48.0 Å². The van der Waals surface area contributed by atoms with Crippen molar-refractivity contribution in [3.8, 4) is 23.0 Å². The second kappa shape index (κ2) is 7.93. The summed E-state index contributed by atoms with van der Waals surface area (Å²) in [5, 5.41) is 8.45. The number of nitrogens with zero attached hydrogens (tertiary/aromatic N) is 3. The highest BCUT2D eigenvalue weighted by molar-refractivity contribution is 7.99. The standard InChI is InChI=1S/C20H19N3O4S/c1-3-23(15-6-4-5-13(2)9-15)18(24)11-28-20-22-21-19(27-20)14-7-8-16-17(10-14)26-12-25-16/h4-10H,3,11-12H2,1-2H3. The van der Waals surface area contributed by atoms with Crippen LogP contribution in [0.4, 0.5) is 5.69 Å². The highest BCUT2D eigenvalue weighted by Crippen LogP contribution is 2.36. The van der Waals surface area contributed by atoms with Crippen LogP contribution in [-0.4, -0.2) is 35.2 Å². The average Bonchev–Trinajstić information content (AvgIpc) is 3.36. The number of aromatic nitrogens is 2. The van der Waals surface area contributed by atoms with Crippen molar-refractivity contribution >= 4 is 23.4 Å². The van der Waals surface area contributed by atoms with Crippen LogP contribution in [0.25, 0.3) is 11.5 Å². The molecule has 0 saturated heterocycles. The first-order valence-corrected chi connectivity index (χ1v) is 9.86. The van der Waals surface area contributed by atoms with Crippen LogP contribution in [0.15, 0.2) is 52.1 Å². The van der Waals surface area contributed by atoms with E-state index in [9.17, 15) is 4.79 Å². The van der Waals surface area contributed by atoms with Crippen molar-refractivity contribution in [3.63, 3.8) is 0 Å². The highest BCUT2D eigenvalue weighted by atomic mass is 32.2. The molecule has 28 heavy (non-hydrogen) atoms. The van der Waals surface area contributed by atoms with Crippen LogP contribution in [0.2, 0.25) is 0 Å². The molecule has 0 aliphatic carbocycles. The third kappa shape index (κ3) is 3.82. The third-order valence-corrected chi connectivity index (χ3v) is 5.08. The van der Waals surface area contributed by atoms with E-state index in [0.29, 0.717) is 29.2 Å². The minimum absolute atomic E-state index is 0.0130. The van der Waals surface area contributed by atoms with Gasteiger partial charge in [0.25, 0.3) is 5.22 Å². The maximum absolute atomic E-state index is 12.6. The molecule has 1 aromatic heterocycles. The number of rotatable bonds is 6. The molecule has 2 heterocycles. The Morgan fingerprint density at radius 3 is 2.82 bits per heavy atom. The molecule has 0 unspecified atom stereocenters. The van der Waals surface area contributed by atoms with Crippen molar-refractivity contribution in [2.24, 2.45) is 0 Å². The third-order valence-electron chi connectivity index (χ3n) is 4.28. The highest BCUT2D eigenvalue weighted by Gasteiger charge is 2.19. The molecular weight excluding hydrogens is 378 g/mol. The van der Waals surface area contributed by atoms with Gasteiger partial charge in [0.05, 0.1) is 5.75 Å². The summed E-state index contributed by atoms with van der Waals surface area (Å²) < 4.78 is 16.4. The lowest BCUT2D eigenvalue weighted by atomic mass is 10.2. The van der Waals surface area contributed by atoms with E-state index < -0.39 is 0 Å². The van der Waals surface area contributed by atoms with Gasteiger partial charge in [-0.3, -0.25) is 4.79 Å². The van der Waals surface area contributed by atoms with E-state index in [-0.39, 0.29) is 18.5 Å². The molecule has 1 aliphatic heterocycles. The van der Waals surface area contributed by atoms with Gasteiger partial charge in [0, 0.05) is 17.8 Å². The predicted octanol–water partition coefficient (Wildman–Crippen LogP) is 3.92. The fraction of sp³-hybridized carbons (Fsp3) is 0.250. The molecule has 0 saturated carbocycles. The number of fused-ring (bicyclic) bond motifs is 1. The van der Waals surface area contributed by atoms with Gasteiger partial charge >= 0.3 is 0 Å². The first-order valence-electron chi connectivity index (χ1n) is 8.87. The van der Waals surface area contributed by atoms with Gasteiger partial charge in [0.2, 0.25) is 18.6 Å². The first kappa shape index (κ1) is 18.4. The molecule has 4 rings (SSSR count). The van der Waals surface area contributed by atoms with E-state index in [1.54, 1.807) is 17.0 Å². The van der Waals surface area contributed by atoms with Crippen molar-refractivity contribution in [2.45, 2.75) is 19.1 Å². The number of thioether (sulfide) groups is 1. The number of carbonyl (C=O) groups excluding carboxylic acids is 1. The van der Waals surface area contributed by atoms with Gasteiger partial charge in [0.15, 0.2) is 11.5 Å². The molecule has 2 aromatic carbocycles. The Hall–Kier alpha value is -3.00. The summed E-state index contributed by atoms with van der Waals surface area (Å²) in [6.07, 6.45) is 0. The predicted molar refractivity (Wildman–Crippen MR) is 106 cm³/mol. The molecule has 0 spiro atoms. The molecule has 0 N–H and O–H groups in total. The van der Waals surface area contributed by atoms with E-state index in [1.165, 1.54) is 11.8 Å². The van der Waals surface area contributed by atoms with Gasteiger partial charge in [-0.2, -0.15) is 0 Å². The van der Waals surface area contributed by atoms with Gasteiger partial charge in [-0.25, -0.2) is 0 Å². The molecular formula is C20H19N3O4S. The molecule has 7 nitrogen and oxygen atoms in total. The van der Waals surface area contributed by atoms with Gasteiger partial charge in [0.1, 0.15) is 0 Å². The Morgan fingerprint density at radius 2 is 2.00 bits per heavy atom. The van der Waals surface area contributed by atoms with Crippen molar-refractivity contribution in [1.29, 1.82) is 0 Å². The Labute approximate surface area is 166 Å². The average molecular weight is 397 g/mol. The van der Waals surface area contributed by atoms with Crippen molar-refractivity contribution in [1.82, 2.24) is 10.2 Å². The molecule has 1 amide bonds. The van der Waals surface area contributed by atoms with Crippen LogP contribution in [0.1, 0.15) is 12.5 Å². The quantitative estimate of drug-likeness (QED) is 0.583. The van der Waals surface area contributed by atoms with E-state index in [0.717, 1.165) is 16.8 Å². The first-order chi connectivity index (χ1) is 13.6. The fourth-order valence-electron chi connectivity index (χ4n) is 2.91.